The van der Waals surface area contributed by atoms with Crippen molar-refractivity contribution in [1.82, 2.24) is 10.2 Å². The number of rotatable bonds is 6. The monoisotopic (exact) mass is 294 g/mol. The molecule has 0 bridgehead atoms. The minimum Gasteiger partial charge on any atom is -0.314 e. The fraction of sp³-hybridized carbons (Fsp3) is 1.00. The van der Waals surface area contributed by atoms with Crippen LogP contribution in [-0.2, 0) is 0 Å². The maximum Gasteiger partial charge on any atom is 0.0108 e. The summed E-state index contributed by atoms with van der Waals surface area (Å²) in [5.41, 5.74) is 0. The van der Waals surface area contributed by atoms with Crippen LogP contribution in [0.2, 0.25) is 0 Å². The number of hydrogen-bond donors (Lipinski definition) is 1. The first-order chi connectivity index (χ1) is 10.2. The lowest BCUT2D eigenvalue weighted by Gasteiger charge is -2.40. The van der Waals surface area contributed by atoms with Gasteiger partial charge in [0.25, 0.3) is 0 Å². The van der Waals surface area contributed by atoms with Crippen LogP contribution in [0.25, 0.3) is 0 Å². The van der Waals surface area contributed by atoms with Crippen molar-refractivity contribution in [2.24, 2.45) is 11.8 Å². The molecule has 3 unspecified atom stereocenters. The van der Waals surface area contributed by atoms with Gasteiger partial charge in [-0.1, -0.05) is 46.0 Å². The summed E-state index contributed by atoms with van der Waals surface area (Å²) in [6, 6.07) is 1.63. The minimum atomic E-state index is 0.769. The predicted molar refractivity (Wildman–Crippen MR) is 92.7 cm³/mol. The first-order valence-electron chi connectivity index (χ1n) is 9.68. The Bertz CT molecular complexity index is 271. The summed E-state index contributed by atoms with van der Waals surface area (Å²) in [6.45, 7) is 7.09. The van der Waals surface area contributed by atoms with Crippen LogP contribution in [0.1, 0.15) is 78.1 Å². The maximum absolute atomic E-state index is 3.77. The van der Waals surface area contributed by atoms with Gasteiger partial charge in [0.15, 0.2) is 0 Å². The molecule has 124 valence electrons. The third-order valence-electron chi connectivity index (χ3n) is 6.11. The van der Waals surface area contributed by atoms with Gasteiger partial charge in [-0.15, -0.1) is 0 Å². The van der Waals surface area contributed by atoms with Gasteiger partial charge >= 0.3 is 0 Å². The number of hydrogen-bond acceptors (Lipinski definition) is 2. The summed E-state index contributed by atoms with van der Waals surface area (Å²) < 4.78 is 0. The molecule has 2 aliphatic rings. The second-order valence-electron chi connectivity index (χ2n) is 7.60. The lowest BCUT2D eigenvalue weighted by molar-refractivity contribution is 0.122. The van der Waals surface area contributed by atoms with E-state index in [1.54, 1.807) is 0 Å². The first kappa shape index (κ1) is 17.3. The second kappa shape index (κ2) is 9.15. The van der Waals surface area contributed by atoms with Gasteiger partial charge in [-0.25, -0.2) is 0 Å². The van der Waals surface area contributed by atoms with Gasteiger partial charge in [-0.2, -0.15) is 0 Å². The second-order valence-corrected chi connectivity index (χ2v) is 7.60. The SMILES string of the molecule is CCNC1CCC(CC)CC1CN(C)C1CCCCCC1. The van der Waals surface area contributed by atoms with Crippen molar-refractivity contribution in [2.45, 2.75) is 90.1 Å². The van der Waals surface area contributed by atoms with Crippen molar-refractivity contribution in [2.75, 3.05) is 20.1 Å². The van der Waals surface area contributed by atoms with Crippen molar-refractivity contribution < 1.29 is 0 Å². The molecule has 0 spiro atoms. The average Bonchev–Trinajstić information content (AvgIpc) is 2.78. The smallest absolute Gasteiger partial charge is 0.0108 e. The van der Waals surface area contributed by atoms with Gasteiger partial charge in [-0.05, 0) is 57.5 Å². The van der Waals surface area contributed by atoms with Crippen molar-refractivity contribution in [1.29, 1.82) is 0 Å². The van der Waals surface area contributed by atoms with Crippen LogP contribution in [0.3, 0.4) is 0 Å². The fourth-order valence-corrected chi connectivity index (χ4v) is 4.68. The van der Waals surface area contributed by atoms with Gasteiger partial charge in [0.1, 0.15) is 0 Å². The molecular weight excluding hydrogens is 256 g/mol. The highest BCUT2D eigenvalue weighted by molar-refractivity contribution is 4.87. The molecule has 0 radical (unpaired) electrons. The van der Waals surface area contributed by atoms with Crippen LogP contribution in [0, 0.1) is 11.8 Å². The van der Waals surface area contributed by atoms with E-state index in [0.717, 1.165) is 30.5 Å². The number of nitrogens with one attached hydrogen (secondary N) is 1. The molecule has 0 aromatic heterocycles. The molecule has 0 aliphatic heterocycles. The van der Waals surface area contributed by atoms with E-state index in [2.05, 4.69) is 31.1 Å². The zero-order chi connectivity index (χ0) is 15.1. The van der Waals surface area contributed by atoms with E-state index in [4.69, 9.17) is 0 Å². The van der Waals surface area contributed by atoms with Crippen LogP contribution >= 0.6 is 0 Å². The highest BCUT2D eigenvalue weighted by Crippen LogP contribution is 2.33. The largest absolute Gasteiger partial charge is 0.314 e. The molecule has 0 saturated heterocycles. The Kier molecular flexibility index (Phi) is 7.53. The molecule has 2 rings (SSSR count). The van der Waals surface area contributed by atoms with E-state index in [1.807, 2.05) is 0 Å². The van der Waals surface area contributed by atoms with Crippen LogP contribution in [0.5, 0.6) is 0 Å². The number of nitrogens with zero attached hydrogens (tertiary/aromatic N) is 1. The predicted octanol–water partition coefficient (Wildman–Crippen LogP) is 4.45. The summed E-state index contributed by atoms with van der Waals surface area (Å²) in [4.78, 5) is 2.72. The average molecular weight is 295 g/mol. The molecule has 0 amide bonds. The molecular formula is C19H38N2. The van der Waals surface area contributed by atoms with Crippen molar-refractivity contribution in [3.05, 3.63) is 0 Å². The lowest BCUT2D eigenvalue weighted by Crippen LogP contribution is -2.47. The Morgan fingerprint density at radius 2 is 1.67 bits per heavy atom. The first-order valence-corrected chi connectivity index (χ1v) is 9.68. The van der Waals surface area contributed by atoms with Gasteiger partial charge in [-0.3, -0.25) is 0 Å². The van der Waals surface area contributed by atoms with Gasteiger partial charge in [0, 0.05) is 18.6 Å². The molecule has 2 aliphatic carbocycles. The minimum absolute atomic E-state index is 0.769. The molecule has 2 fully saturated rings. The van der Waals surface area contributed by atoms with Crippen LogP contribution in [-0.4, -0.2) is 37.1 Å². The topological polar surface area (TPSA) is 15.3 Å². The Hall–Kier alpha value is -0.0800. The summed E-state index contributed by atoms with van der Waals surface area (Å²) in [5.74, 6) is 1.85. The Labute approximate surface area is 133 Å². The molecule has 1 N–H and O–H groups in total. The molecule has 3 atom stereocenters. The quantitative estimate of drug-likeness (QED) is 0.728. The van der Waals surface area contributed by atoms with E-state index >= 15 is 0 Å². The maximum atomic E-state index is 3.77. The normalized spacial score (nSPS) is 32.3. The van der Waals surface area contributed by atoms with Crippen LogP contribution in [0.4, 0.5) is 0 Å². The molecule has 0 heterocycles. The molecule has 0 aromatic carbocycles. The van der Waals surface area contributed by atoms with E-state index in [0.29, 0.717) is 0 Å². The highest BCUT2D eigenvalue weighted by atomic mass is 15.1. The molecule has 2 heteroatoms. The zero-order valence-electron chi connectivity index (χ0n) is 14.7. The Morgan fingerprint density at radius 3 is 2.29 bits per heavy atom. The zero-order valence-corrected chi connectivity index (χ0v) is 14.7. The molecule has 21 heavy (non-hydrogen) atoms. The van der Waals surface area contributed by atoms with Crippen molar-refractivity contribution in [3.8, 4) is 0 Å². The van der Waals surface area contributed by atoms with E-state index in [-0.39, 0.29) is 0 Å². The molecule has 2 nitrogen and oxygen atoms in total. The third-order valence-corrected chi connectivity index (χ3v) is 6.11. The molecule has 2 saturated carbocycles. The van der Waals surface area contributed by atoms with E-state index in [9.17, 15) is 0 Å². The Balaban J connectivity index is 1.89. The highest BCUT2D eigenvalue weighted by Gasteiger charge is 2.31. The summed E-state index contributed by atoms with van der Waals surface area (Å²) >= 11 is 0. The van der Waals surface area contributed by atoms with Gasteiger partial charge in [0.05, 0.1) is 0 Å². The van der Waals surface area contributed by atoms with Crippen LogP contribution in [0.15, 0.2) is 0 Å². The molecule has 0 aromatic rings. The lowest BCUT2D eigenvalue weighted by atomic mass is 9.76. The summed E-state index contributed by atoms with van der Waals surface area (Å²) in [5, 5.41) is 3.77. The van der Waals surface area contributed by atoms with Gasteiger partial charge in [0.2, 0.25) is 0 Å². The van der Waals surface area contributed by atoms with Crippen molar-refractivity contribution >= 4 is 0 Å². The van der Waals surface area contributed by atoms with Crippen LogP contribution < -0.4 is 5.32 Å². The summed E-state index contributed by atoms with van der Waals surface area (Å²) in [6.07, 6.45) is 14.4. The third kappa shape index (κ3) is 5.25. The van der Waals surface area contributed by atoms with E-state index < -0.39 is 0 Å². The van der Waals surface area contributed by atoms with Gasteiger partial charge < -0.3 is 10.2 Å². The fourth-order valence-electron chi connectivity index (χ4n) is 4.68. The standard InChI is InChI=1S/C19H38N2/c1-4-16-12-13-19(20-5-2)17(14-16)15-21(3)18-10-8-6-7-9-11-18/h16-20H,4-15H2,1-3H3. The van der Waals surface area contributed by atoms with E-state index in [1.165, 1.54) is 70.8 Å². The Morgan fingerprint density at radius 1 is 0.952 bits per heavy atom. The van der Waals surface area contributed by atoms with Crippen molar-refractivity contribution in [3.63, 3.8) is 0 Å². The summed E-state index contributed by atoms with van der Waals surface area (Å²) in [7, 11) is 2.40.